The molecule has 2 aliphatic rings. The Bertz CT molecular complexity index is 1440. The Morgan fingerprint density at radius 1 is 0.895 bits per heavy atom. The summed E-state index contributed by atoms with van der Waals surface area (Å²) in [6, 6.07) is 12.9. The molecule has 5 rings (SSSR count). The number of aliphatic hydroxyl groups is 1. The van der Waals surface area contributed by atoms with Gasteiger partial charge in [0, 0.05) is 5.56 Å². The lowest BCUT2D eigenvalue weighted by molar-refractivity contribution is -0.132. The molecule has 196 valence electrons. The van der Waals surface area contributed by atoms with Crippen LogP contribution >= 0.6 is 0 Å². The number of aliphatic hydroxyl groups excluding tert-OH is 1. The summed E-state index contributed by atoms with van der Waals surface area (Å²) in [6.45, 7) is 0.728. The minimum absolute atomic E-state index is 0.0922. The number of anilines is 1. The number of carbonyl (C=O) groups excluding carboxylic acids is 2. The van der Waals surface area contributed by atoms with E-state index in [0.29, 0.717) is 36.0 Å². The van der Waals surface area contributed by atoms with E-state index in [1.807, 2.05) is 0 Å². The molecule has 2 N–H and O–H groups in total. The molecule has 1 atom stereocenters. The molecule has 38 heavy (non-hydrogen) atoms. The van der Waals surface area contributed by atoms with Crippen LogP contribution in [0.25, 0.3) is 5.76 Å². The molecule has 0 aliphatic carbocycles. The molecule has 2 aliphatic heterocycles. The van der Waals surface area contributed by atoms with Crippen molar-refractivity contribution in [2.45, 2.75) is 6.04 Å². The fraction of sp³-hybridized carbons (Fsp3) is 0.214. The first kappa shape index (κ1) is 24.8. The van der Waals surface area contributed by atoms with Crippen LogP contribution in [0.4, 0.5) is 5.69 Å². The van der Waals surface area contributed by atoms with Crippen molar-refractivity contribution in [3.63, 3.8) is 0 Å². The van der Waals surface area contributed by atoms with Crippen LogP contribution in [0.5, 0.6) is 34.5 Å². The number of rotatable bonds is 6. The molecule has 0 radical (unpaired) electrons. The van der Waals surface area contributed by atoms with Crippen molar-refractivity contribution in [2.75, 3.05) is 39.4 Å². The first-order valence-corrected chi connectivity index (χ1v) is 11.7. The highest BCUT2D eigenvalue weighted by atomic mass is 16.6. The minimum atomic E-state index is -1.15. The number of benzene rings is 3. The smallest absolute Gasteiger partial charge is 0.300 e. The standard InChI is InChI=1S/C28H25NO9/c1-34-21-13-16(14-22(35-2)27(21)36-3)24-23(25(31)15-8-9-19-20(12-15)38-11-10-37-19)26(32)28(33)29(24)17-6-4-5-7-18(17)30/h4-9,12-14,24,30-31H,10-11H2,1-3H3/b25-23+. The third-order valence-corrected chi connectivity index (χ3v) is 6.40. The predicted octanol–water partition coefficient (Wildman–Crippen LogP) is 3.82. The summed E-state index contributed by atoms with van der Waals surface area (Å²) in [5, 5.41) is 22.1. The van der Waals surface area contributed by atoms with Crippen molar-refractivity contribution in [2.24, 2.45) is 0 Å². The lowest BCUT2D eigenvalue weighted by Crippen LogP contribution is -2.29. The number of carbonyl (C=O) groups is 2. The normalized spacial score (nSPS) is 17.9. The van der Waals surface area contributed by atoms with Crippen LogP contribution in [0.3, 0.4) is 0 Å². The number of phenols is 1. The number of phenolic OH excluding ortho intramolecular Hbond substituents is 1. The Labute approximate surface area is 218 Å². The Balaban J connectivity index is 1.76. The van der Waals surface area contributed by atoms with E-state index in [2.05, 4.69) is 0 Å². The highest BCUT2D eigenvalue weighted by molar-refractivity contribution is 6.52. The number of para-hydroxylation sites is 2. The molecule has 1 saturated heterocycles. The monoisotopic (exact) mass is 519 g/mol. The van der Waals surface area contributed by atoms with Crippen LogP contribution in [0, 0.1) is 0 Å². The van der Waals surface area contributed by atoms with Gasteiger partial charge < -0.3 is 33.9 Å². The molecule has 0 spiro atoms. The van der Waals surface area contributed by atoms with Gasteiger partial charge in [0.05, 0.1) is 38.6 Å². The molecule has 2 heterocycles. The molecule has 0 aromatic heterocycles. The summed E-state index contributed by atoms with van der Waals surface area (Å²) >= 11 is 0. The first-order chi connectivity index (χ1) is 18.4. The van der Waals surface area contributed by atoms with Gasteiger partial charge in [-0.05, 0) is 48.0 Å². The Morgan fingerprint density at radius 2 is 1.55 bits per heavy atom. The van der Waals surface area contributed by atoms with Gasteiger partial charge in [-0.25, -0.2) is 0 Å². The van der Waals surface area contributed by atoms with E-state index < -0.39 is 23.5 Å². The average molecular weight is 520 g/mol. The number of fused-ring (bicyclic) bond motifs is 1. The number of Topliss-reactive ketones (excluding diaryl/α,β-unsaturated/α-hetero) is 1. The molecule has 0 saturated carbocycles. The van der Waals surface area contributed by atoms with Gasteiger partial charge in [0.2, 0.25) is 5.75 Å². The fourth-order valence-corrected chi connectivity index (χ4v) is 4.67. The molecule has 0 bridgehead atoms. The van der Waals surface area contributed by atoms with Gasteiger partial charge in [0.25, 0.3) is 11.7 Å². The second-order valence-electron chi connectivity index (χ2n) is 8.47. The van der Waals surface area contributed by atoms with Gasteiger partial charge in [0.1, 0.15) is 24.7 Å². The highest BCUT2D eigenvalue weighted by Crippen LogP contribution is 2.48. The van der Waals surface area contributed by atoms with Crippen molar-refractivity contribution in [3.8, 4) is 34.5 Å². The number of ether oxygens (including phenoxy) is 5. The molecular weight excluding hydrogens is 494 g/mol. The summed E-state index contributed by atoms with van der Waals surface area (Å²) in [7, 11) is 4.34. The van der Waals surface area contributed by atoms with E-state index in [1.54, 1.807) is 42.5 Å². The van der Waals surface area contributed by atoms with Crippen molar-refractivity contribution in [1.29, 1.82) is 0 Å². The van der Waals surface area contributed by atoms with E-state index in [9.17, 15) is 19.8 Å². The maximum absolute atomic E-state index is 13.5. The number of hydrogen-bond donors (Lipinski definition) is 2. The maximum atomic E-state index is 13.5. The topological polar surface area (TPSA) is 124 Å². The zero-order chi connectivity index (χ0) is 27.0. The molecule has 1 unspecified atom stereocenters. The quantitative estimate of drug-likeness (QED) is 0.284. The van der Waals surface area contributed by atoms with Gasteiger partial charge in [-0.3, -0.25) is 14.5 Å². The summed E-state index contributed by atoms with van der Waals surface area (Å²) in [5.74, 6) is -0.715. The summed E-state index contributed by atoms with van der Waals surface area (Å²) in [4.78, 5) is 28.1. The van der Waals surface area contributed by atoms with E-state index in [-0.39, 0.29) is 34.1 Å². The number of aromatic hydroxyl groups is 1. The van der Waals surface area contributed by atoms with Crippen LogP contribution in [0.2, 0.25) is 0 Å². The lowest BCUT2D eigenvalue weighted by atomic mass is 9.94. The Morgan fingerprint density at radius 3 is 2.18 bits per heavy atom. The van der Waals surface area contributed by atoms with Crippen molar-refractivity contribution in [1.82, 2.24) is 0 Å². The Hall–Kier alpha value is -4.86. The van der Waals surface area contributed by atoms with Crippen molar-refractivity contribution in [3.05, 3.63) is 71.3 Å². The van der Waals surface area contributed by atoms with E-state index in [4.69, 9.17) is 23.7 Å². The van der Waals surface area contributed by atoms with Crippen molar-refractivity contribution < 1.29 is 43.5 Å². The molecule has 3 aromatic rings. The Kier molecular flexibility index (Phi) is 6.46. The number of methoxy groups -OCH3 is 3. The van der Waals surface area contributed by atoms with Crippen LogP contribution in [-0.4, -0.2) is 56.4 Å². The van der Waals surface area contributed by atoms with E-state index in [0.717, 1.165) is 4.90 Å². The molecule has 10 heteroatoms. The average Bonchev–Trinajstić information content (AvgIpc) is 3.21. The van der Waals surface area contributed by atoms with Crippen LogP contribution in [-0.2, 0) is 9.59 Å². The molecule has 10 nitrogen and oxygen atoms in total. The lowest BCUT2D eigenvalue weighted by Gasteiger charge is -2.27. The fourth-order valence-electron chi connectivity index (χ4n) is 4.67. The zero-order valence-electron chi connectivity index (χ0n) is 20.9. The zero-order valence-corrected chi connectivity index (χ0v) is 20.9. The predicted molar refractivity (Wildman–Crippen MR) is 136 cm³/mol. The van der Waals surface area contributed by atoms with Gasteiger partial charge >= 0.3 is 0 Å². The third-order valence-electron chi connectivity index (χ3n) is 6.40. The first-order valence-electron chi connectivity index (χ1n) is 11.7. The summed E-state index contributed by atoms with van der Waals surface area (Å²) in [6.07, 6.45) is 0. The van der Waals surface area contributed by atoms with E-state index in [1.165, 1.54) is 33.5 Å². The number of hydrogen-bond acceptors (Lipinski definition) is 9. The second kappa shape index (κ2) is 9.89. The second-order valence-corrected chi connectivity index (χ2v) is 8.47. The molecule has 1 fully saturated rings. The summed E-state index contributed by atoms with van der Waals surface area (Å²) < 4.78 is 27.6. The van der Waals surface area contributed by atoms with E-state index >= 15 is 0 Å². The van der Waals surface area contributed by atoms with Gasteiger partial charge in [-0.15, -0.1) is 0 Å². The largest absolute Gasteiger partial charge is 0.507 e. The number of nitrogens with zero attached hydrogens (tertiary/aromatic N) is 1. The van der Waals surface area contributed by atoms with Crippen LogP contribution in [0.15, 0.2) is 60.2 Å². The third kappa shape index (κ3) is 4.00. The highest BCUT2D eigenvalue weighted by Gasteiger charge is 2.48. The summed E-state index contributed by atoms with van der Waals surface area (Å²) in [5.41, 5.74) is 0.529. The van der Waals surface area contributed by atoms with Crippen LogP contribution in [0.1, 0.15) is 17.2 Å². The maximum Gasteiger partial charge on any atom is 0.300 e. The van der Waals surface area contributed by atoms with Gasteiger partial charge in [0.15, 0.2) is 23.0 Å². The molecular formula is C28H25NO9. The number of ketones is 1. The SMILES string of the molecule is COc1cc(C2/C(=C(\O)c3ccc4c(c3)OCCO4)C(=O)C(=O)N2c2ccccc2O)cc(OC)c1OC. The van der Waals surface area contributed by atoms with Gasteiger partial charge in [-0.1, -0.05) is 12.1 Å². The number of amides is 1. The van der Waals surface area contributed by atoms with Crippen molar-refractivity contribution >= 4 is 23.1 Å². The van der Waals surface area contributed by atoms with Gasteiger partial charge in [-0.2, -0.15) is 0 Å². The molecule has 3 aromatic carbocycles. The minimum Gasteiger partial charge on any atom is -0.507 e. The van der Waals surface area contributed by atoms with Crippen LogP contribution < -0.4 is 28.6 Å². The molecule has 1 amide bonds.